The van der Waals surface area contributed by atoms with Gasteiger partial charge in [-0.15, -0.1) is 0 Å². The van der Waals surface area contributed by atoms with Crippen molar-refractivity contribution in [3.63, 3.8) is 0 Å². The Labute approximate surface area is 108 Å². The first-order chi connectivity index (χ1) is 6.57. The molecule has 0 saturated carbocycles. The topological polar surface area (TPSA) is 0 Å². The first-order valence-electron chi connectivity index (χ1n) is 5.71. The molecule has 0 bridgehead atoms. The van der Waals surface area contributed by atoms with Crippen LogP contribution in [0.1, 0.15) is 27.7 Å². The van der Waals surface area contributed by atoms with Gasteiger partial charge in [0.15, 0.2) is 0 Å². The average molecular weight is 255 g/mol. The summed E-state index contributed by atoms with van der Waals surface area (Å²) in [4.78, 5) is 0. The average Bonchev–Trinajstić information content (AvgIpc) is 2.18. The second-order valence-corrected chi connectivity index (χ2v) is 13.3. The van der Waals surface area contributed by atoms with Crippen LogP contribution in [-0.2, 0) is 20.4 Å². The standard InChI is InChI=1S/C13H23Si.Ti/c1-9-10(2)12(4)13(11(9)3)8-14(5,6)7;/h8H2,1-7H3;. The fraction of sp³-hybridized carbons (Fsp3) is 0.692. The number of hydrogen-bond acceptors (Lipinski definition) is 0. The normalized spacial score (nSPS) is 27.9. The fourth-order valence-electron chi connectivity index (χ4n) is 2.32. The summed E-state index contributed by atoms with van der Waals surface area (Å²) >= 11 is 2.39. The Morgan fingerprint density at radius 3 is 1.80 bits per heavy atom. The van der Waals surface area contributed by atoms with Crippen LogP contribution < -0.4 is 0 Å². The Kier molecular flexibility index (Phi) is 3.61. The molecule has 83 valence electrons. The van der Waals surface area contributed by atoms with E-state index in [1.807, 2.05) is 0 Å². The molecule has 1 aliphatic carbocycles. The van der Waals surface area contributed by atoms with Gasteiger partial charge >= 0.3 is 108 Å². The van der Waals surface area contributed by atoms with Crippen molar-refractivity contribution < 1.29 is 20.4 Å². The summed E-state index contributed by atoms with van der Waals surface area (Å²) < 4.78 is 0.314. The van der Waals surface area contributed by atoms with Gasteiger partial charge in [-0.1, -0.05) is 0 Å². The third-order valence-electron chi connectivity index (χ3n) is 3.64. The molecular formula is C13H23SiTi. The van der Waals surface area contributed by atoms with Crippen LogP contribution in [0.25, 0.3) is 0 Å². The third-order valence-corrected chi connectivity index (χ3v) is 6.11. The fourth-order valence-corrected chi connectivity index (χ4v) is 5.00. The molecule has 15 heavy (non-hydrogen) atoms. The van der Waals surface area contributed by atoms with E-state index in [4.69, 9.17) is 0 Å². The molecule has 0 fully saturated rings. The molecule has 0 heterocycles. The Morgan fingerprint density at radius 1 is 1.07 bits per heavy atom. The predicted molar refractivity (Wildman–Crippen MR) is 67.6 cm³/mol. The summed E-state index contributed by atoms with van der Waals surface area (Å²) in [5.41, 5.74) is 6.39. The van der Waals surface area contributed by atoms with Gasteiger partial charge in [-0.05, 0) is 0 Å². The minimum atomic E-state index is -0.997. The summed E-state index contributed by atoms with van der Waals surface area (Å²) in [5.74, 6) is 0. The molecule has 0 radical (unpaired) electrons. The minimum absolute atomic E-state index is 0.314. The first-order valence-corrected chi connectivity index (χ1v) is 10.2. The first kappa shape index (κ1) is 13.5. The number of allylic oxidation sites excluding steroid dienone is 4. The van der Waals surface area contributed by atoms with Gasteiger partial charge in [0.1, 0.15) is 0 Å². The zero-order valence-corrected chi connectivity index (χ0v) is 13.8. The van der Waals surface area contributed by atoms with Gasteiger partial charge in [0.2, 0.25) is 0 Å². The van der Waals surface area contributed by atoms with Crippen LogP contribution in [0.4, 0.5) is 0 Å². The molecule has 0 saturated heterocycles. The second kappa shape index (κ2) is 4.01. The van der Waals surface area contributed by atoms with Gasteiger partial charge in [-0.2, -0.15) is 0 Å². The van der Waals surface area contributed by atoms with Gasteiger partial charge in [0.05, 0.1) is 0 Å². The van der Waals surface area contributed by atoms with Gasteiger partial charge in [0.25, 0.3) is 0 Å². The Morgan fingerprint density at radius 2 is 1.53 bits per heavy atom. The van der Waals surface area contributed by atoms with Gasteiger partial charge in [-0.3, -0.25) is 0 Å². The number of hydrogen-bond donors (Lipinski definition) is 0. The SMILES string of the molecule is CC1=C(C)[C](C)([Ti])C(C[Si](C)(C)C)=C1C. The van der Waals surface area contributed by atoms with Crippen molar-refractivity contribution in [2.75, 3.05) is 0 Å². The van der Waals surface area contributed by atoms with Gasteiger partial charge < -0.3 is 0 Å². The monoisotopic (exact) mass is 255 g/mol. The van der Waals surface area contributed by atoms with Crippen molar-refractivity contribution in [3.05, 3.63) is 22.3 Å². The van der Waals surface area contributed by atoms with Crippen LogP contribution in [0.15, 0.2) is 22.3 Å². The zero-order valence-electron chi connectivity index (χ0n) is 11.2. The van der Waals surface area contributed by atoms with Crippen molar-refractivity contribution in [3.8, 4) is 0 Å². The van der Waals surface area contributed by atoms with Crippen molar-refractivity contribution in [1.82, 2.24) is 0 Å². The van der Waals surface area contributed by atoms with E-state index in [2.05, 4.69) is 67.8 Å². The van der Waals surface area contributed by atoms with Gasteiger partial charge in [0, 0.05) is 0 Å². The van der Waals surface area contributed by atoms with Crippen LogP contribution in [0.2, 0.25) is 29.4 Å². The summed E-state index contributed by atoms with van der Waals surface area (Å²) in [6.45, 7) is 16.7. The molecule has 2 heteroatoms. The van der Waals surface area contributed by atoms with Crippen LogP contribution in [0.3, 0.4) is 0 Å². The van der Waals surface area contributed by atoms with E-state index < -0.39 is 8.07 Å². The molecule has 1 aliphatic rings. The van der Waals surface area contributed by atoms with E-state index in [1.165, 1.54) is 11.6 Å². The van der Waals surface area contributed by atoms with Crippen molar-refractivity contribution >= 4 is 8.07 Å². The van der Waals surface area contributed by atoms with E-state index >= 15 is 0 Å². The van der Waals surface area contributed by atoms with Crippen molar-refractivity contribution in [1.29, 1.82) is 0 Å². The molecule has 0 aromatic heterocycles. The molecule has 0 amide bonds. The molecule has 0 aromatic rings. The third kappa shape index (κ3) is 2.57. The second-order valence-electron chi connectivity index (χ2n) is 6.22. The van der Waals surface area contributed by atoms with Crippen LogP contribution in [0, 0.1) is 0 Å². The van der Waals surface area contributed by atoms with E-state index in [0.717, 1.165) is 0 Å². The summed E-state index contributed by atoms with van der Waals surface area (Å²) in [6.07, 6.45) is 0. The van der Waals surface area contributed by atoms with Crippen molar-refractivity contribution in [2.24, 2.45) is 0 Å². The Hall–Kier alpha value is 0.411. The zero-order chi connectivity index (χ0) is 12.0. The molecule has 0 nitrogen and oxygen atoms in total. The molecule has 0 aliphatic heterocycles. The molecule has 0 aromatic carbocycles. The molecular weight excluding hydrogens is 232 g/mol. The molecule has 0 spiro atoms. The van der Waals surface area contributed by atoms with Crippen LogP contribution in [0.5, 0.6) is 0 Å². The Bertz CT molecular complexity index is 340. The summed E-state index contributed by atoms with van der Waals surface area (Å²) in [7, 11) is -0.997. The summed E-state index contributed by atoms with van der Waals surface area (Å²) in [6, 6.07) is 1.35. The van der Waals surface area contributed by atoms with Gasteiger partial charge in [-0.25, -0.2) is 0 Å². The maximum atomic E-state index is 2.46. The van der Waals surface area contributed by atoms with E-state index in [1.54, 1.807) is 16.7 Å². The number of rotatable bonds is 2. The van der Waals surface area contributed by atoms with E-state index in [-0.39, 0.29) is 0 Å². The molecule has 1 unspecified atom stereocenters. The Balaban J connectivity index is 3.12. The van der Waals surface area contributed by atoms with E-state index in [0.29, 0.717) is 3.72 Å². The molecule has 1 atom stereocenters. The maximum absolute atomic E-state index is 2.46. The van der Waals surface area contributed by atoms with Crippen LogP contribution >= 0.6 is 0 Å². The predicted octanol–water partition coefficient (Wildman–Crippen LogP) is 4.72. The van der Waals surface area contributed by atoms with Crippen molar-refractivity contribution in [2.45, 2.75) is 57.1 Å². The quantitative estimate of drug-likeness (QED) is 0.626. The van der Waals surface area contributed by atoms with Crippen LogP contribution in [-0.4, -0.2) is 8.07 Å². The summed E-state index contributed by atoms with van der Waals surface area (Å²) in [5, 5.41) is 0. The molecule has 0 N–H and O–H groups in total. The van der Waals surface area contributed by atoms with E-state index in [9.17, 15) is 0 Å². The molecule has 1 rings (SSSR count).